The van der Waals surface area contributed by atoms with E-state index in [1.165, 1.54) is 6.20 Å². The highest BCUT2D eigenvalue weighted by Gasteiger charge is 2.24. The van der Waals surface area contributed by atoms with E-state index in [4.69, 9.17) is 10.8 Å². The fourth-order valence-electron chi connectivity index (χ4n) is 1.92. The van der Waals surface area contributed by atoms with Gasteiger partial charge in [0.05, 0.1) is 5.54 Å². The van der Waals surface area contributed by atoms with Crippen molar-refractivity contribution in [3.63, 3.8) is 0 Å². The van der Waals surface area contributed by atoms with Gasteiger partial charge >= 0.3 is 5.97 Å². The van der Waals surface area contributed by atoms with Crippen LogP contribution in [0.15, 0.2) is 41.1 Å². The van der Waals surface area contributed by atoms with Gasteiger partial charge in [-0.1, -0.05) is 28.1 Å². The van der Waals surface area contributed by atoms with E-state index in [0.29, 0.717) is 6.54 Å². The summed E-state index contributed by atoms with van der Waals surface area (Å²) in [5.74, 6) is -1.07. The van der Waals surface area contributed by atoms with E-state index < -0.39 is 11.5 Å². The molecule has 2 rings (SSSR count). The first kappa shape index (κ1) is 13.8. The molecule has 2 aromatic rings. The van der Waals surface area contributed by atoms with E-state index in [0.717, 1.165) is 10.0 Å². The van der Waals surface area contributed by atoms with Gasteiger partial charge < -0.3 is 15.4 Å². The third-order valence-electron chi connectivity index (χ3n) is 2.89. The molecular formula is C13H14BrN3O2. The molecule has 3 N–H and O–H groups in total. The van der Waals surface area contributed by atoms with Crippen LogP contribution < -0.4 is 5.73 Å². The first-order chi connectivity index (χ1) is 8.90. The fraction of sp³-hybridized carbons (Fsp3) is 0.231. The Labute approximate surface area is 119 Å². The van der Waals surface area contributed by atoms with Gasteiger partial charge in [-0.05, 0) is 24.6 Å². The number of carbonyl (C=O) groups is 1. The number of nitrogens with two attached hydrogens (primary N) is 1. The number of aromatic carboxylic acids is 1. The number of imidazole rings is 1. The summed E-state index contributed by atoms with van der Waals surface area (Å²) in [5.41, 5.74) is 6.54. The Bertz CT molecular complexity index is 607. The molecule has 0 aliphatic rings. The van der Waals surface area contributed by atoms with Crippen LogP contribution in [0.4, 0.5) is 0 Å². The van der Waals surface area contributed by atoms with Crippen molar-refractivity contribution in [2.75, 3.05) is 0 Å². The lowest BCUT2D eigenvalue weighted by molar-refractivity contribution is 0.0676. The second-order valence-corrected chi connectivity index (χ2v) is 5.53. The lowest BCUT2D eigenvalue weighted by atomic mass is 9.93. The zero-order valence-corrected chi connectivity index (χ0v) is 12.0. The van der Waals surface area contributed by atoms with Crippen molar-refractivity contribution in [1.29, 1.82) is 0 Å². The summed E-state index contributed by atoms with van der Waals surface area (Å²) in [7, 11) is 0. The number of aromatic nitrogens is 2. The van der Waals surface area contributed by atoms with Crippen molar-refractivity contribution in [1.82, 2.24) is 9.55 Å². The smallest absolute Gasteiger partial charge is 0.372 e. The van der Waals surface area contributed by atoms with E-state index >= 15 is 0 Å². The molecule has 1 aromatic carbocycles. The first-order valence-electron chi connectivity index (χ1n) is 5.69. The Morgan fingerprint density at radius 3 is 2.95 bits per heavy atom. The molecule has 0 bridgehead atoms. The zero-order valence-electron chi connectivity index (χ0n) is 10.4. The predicted octanol–water partition coefficient (Wildman–Crippen LogP) is 2.22. The zero-order chi connectivity index (χ0) is 14.0. The lowest BCUT2D eigenvalue weighted by Crippen LogP contribution is -2.38. The quantitative estimate of drug-likeness (QED) is 0.903. The Hall–Kier alpha value is -1.66. The summed E-state index contributed by atoms with van der Waals surface area (Å²) in [6.45, 7) is 2.20. The van der Waals surface area contributed by atoms with Crippen LogP contribution in [-0.2, 0) is 12.1 Å². The molecule has 0 fully saturated rings. The Morgan fingerprint density at radius 2 is 2.32 bits per heavy atom. The third-order valence-corrected chi connectivity index (χ3v) is 3.38. The van der Waals surface area contributed by atoms with Crippen molar-refractivity contribution >= 4 is 21.9 Å². The van der Waals surface area contributed by atoms with E-state index in [9.17, 15) is 4.79 Å². The molecule has 1 atom stereocenters. The minimum Gasteiger partial charge on any atom is -0.475 e. The van der Waals surface area contributed by atoms with Gasteiger partial charge in [0.1, 0.15) is 0 Å². The number of carboxylic acid groups (broad SMARTS) is 1. The summed E-state index contributed by atoms with van der Waals surface area (Å²) >= 11 is 3.40. The van der Waals surface area contributed by atoms with Gasteiger partial charge in [-0.2, -0.15) is 0 Å². The average molecular weight is 324 g/mol. The number of hydrogen-bond acceptors (Lipinski definition) is 3. The molecule has 6 heteroatoms. The molecular weight excluding hydrogens is 310 g/mol. The van der Waals surface area contributed by atoms with Crippen LogP contribution in [0.5, 0.6) is 0 Å². The maximum Gasteiger partial charge on any atom is 0.372 e. The predicted molar refractivity (Wildman–Crippen MR) is 74.9 cm³/mol. The van der Waals surface area contributed by atoms with Crippen molar-refractivity contribution < 1.29 is 9.90 Å². The highest BCUT2D eigenvalue weighted by molar-refractivity contribution is 9.10. The van der Waals surface area contributed by atoms with Crippen molar-refractivity contribution in [2.24, 2.45) is 5.73 Å². The van der Waals surface area contributed by atoms with E-state index in [-0.39, 0.29) is 5.82 Å². The molecule has 100 valence electrons. The molecule has 5 nitrogen and oxygen atoms in total. The third kappa shape index (κ3) is 3.02. The summed E-state index contributed by atoms with van der Waals surface area (Å²) in [4.78, 5) is 14.8. The minimum atomic E-state index is -1.06. The molecule has 0 radical (unpaired) electrons. The molecule has 0 amide bonds. The topological polar surface area (TPSA) is 81.1 Å². The standard InChI is InChI=1S/C13H14BrN3O2/c1-13(15,9-3-2-4-10(14)7-9)8-17-6-5-16-11(17)12(18)19/h2-7H,8,15H2,1H3,(H,18,19). The number of benzene rings is 1. The van der Waals surface area contributed by atoms with Crippen LogP contribution in [0.2, 0.25) is 0 Å². The van der Waals surface area contributed by atoms with Crippen LogP contribution in [0.25, 0.3) is 0 Å². The highest BCUT2D eigenvalue weighted by Crippen LogP contribution is 2.23. The molecule has 0 aliphatic carbocycles. The Kier molecular flexibility index (Phi) is 3.73. The number of halogens is 1. The van der Waals surface area contributed by atoms with Crippen molar-refractivity contribution in [3.05, 3.63) is 52.5 Å². The molecule has 0 saturated heterocycles. The number of hydrogen-bond donors (Lipinski definition) is 2. The van der Waals surface area contributed by atoms with E-state index in [1.807, 2.05) is 31.2 Å². The lowest BCUT2D eigenvalue weighted by Gasteiger charge is -2.26. The summed E-state index contributed by atoms with van der Waals surface area (Å²) in [5, 5.41) is 9.03. The maximum absolute atomic E-state index is 11.0. The monoisotopic (exact) mass is 323 g/mol. The minimum absolute atomic E-state index is 0.00771. The van der Waals surface area contributed by atoms with Crippen LogP contribution in [0, 0.1) is 0 Å². The molecule has 0 saturated carbocycles. The maximum atomic E-state index is 11.0. The van der Waals surface area contributed by atoms with Crippen LogP contribution in [0.1, 0.15) is 23.1 Å². The molecule has 0 aliphatic heterocycles. The summed E-state index contributed by atoms with van der Waals surface area (Å²) < 4.78 is 2.48. The van der Waals surface area contributed by atoms with E-state index in [1.54, 1.807) is 10.8 Å². The van der Waals surface area contributed by atoms with Crippen molar-refractivity contribution in [2.45, 2.75) is 19.0 Å². The largest absolute Gasteiger partial charge is 0.475 e. The first-order valence-corrected chi connectivity index (χ1v) is 6.49. The highest BCUT2D eigenvalue weighted by atomic mass is 79.9. The molecule has 1 aromatic heterocycles. The van der Waals surface area contributed by atoms with Gasteiger partial charge in [0, 0.05) is 23.4 Å². The van der Waals surface area contributed by atoms with Crippen LogP contribution in [-0.4, -0.2) is 20.6 Å². The van der Waals surface area contributed by atoms with Gasteiger partial charge in [-0.3, -0.25) is 0 Å². The number of carboxylic acids is 1. The number of rotatable bonds is 4. The van der Waals surface area contributed by atoms with Crippen LogP contribution >= 0.6 is 15.9 Å². The van der Waals surface area contributed by atoms with Gasteiger partial charge in [0.2, 0.25) is 5.82 Å². The average Bonchev–Trinajstić information content (AvgIpc) is 2.76. The summed E-state index contributed by atoms with van der Waals surface area (Å²) in [6, 6.07) is 7.66. The van der Waals surface area contributed by atoms with Gasteiger partial charge in [0.25, 0.3) is 0 Å². The van der Waals surface area contributed by atoms with Gasteiger partial charge in [0.15, 0.2) is 0 Å². The van der Waals surface area contributed by atoms with Crippen molar-refractivity contribution in [3.8, 4) is 0 Å². The van der Waals surface area contributed by atoms with E-state index in [2.05, 4.69) is 20.9 Å². The molecule has 1 heterocycles. The fourth-order valence-corrected chi connectivity index (χ4v) is 2.32. The normalized spacial score (nSPS) is 14.1. The molecule has 0 spiro atoms. The Morgan fingerprint density at radius 1 is 1.58 bits per heavy atom. The van der Waals surface area contributed by atoms with Crippen LogP contribution in [0.3, 0.4) is 0 Å². The number of nitrogens with zero attached hydrogens (tertiary/aromatic N) is 2. The molecule has 1 unspecified atom stereocenters. The Balaban J connectivity index is 2.31. The van der Waals surface area contributed by atoms with Gasteiger partial charge in [-0.25, -0.2) is 9.78 Å². The molecule has 19 heavy (non-hydrogen) atoms. The second kappa shape index (κ2) is 5.14. The second-order valence-electron chi connectivity index (χ2n) is 4.61. The summed E-state index contributed by atoms with van der Waals surface area (Å²) in [6.07, 6.45) is 3.08. The van der Waals surface area contributed by atoms with Gasteiger partial charge in [-0.15, -0.1) is 0 Å². The SMILES string of the molecule is CC(N)(Cn1ccnc1C(=O)O)c1cccc(Br)c1.